The number of fused-ring (bicyclic) bond motifs is 1. The number of rotatable bonds is 3. The largest absolute Gasteiger partial charge is 0.486 e. The second kappa shape index (κ2) is 5.87. The summed E-state index contributed by atoms with van der Waals surface area (Å²) >= 11 is 0. The highest BCUT2D eigenvalue weighted by Gasteiger charge is 2.14. The van der Waals surface area contributed by atoms with Gasteiger partial charge < -0.3 is 14.2 Å². The fourth-order valence-corrected chi connectivity index (χ4v) is 2.14. The smallest absolute Gasteiger partial charge is 0.315 e. The molecule has 0 saturated carbocycles. The fourth-order valence-electron chi connectivity index (χ4n) is 2.14. The third-order valence-corrected chi connectivity index (χ3v) is 3.21. The van der Waals surface area contributed by atoms with Crippen molar-refractivity contribution >= 4 is 5.97 Å². The number of carbonyl (C=O) groups excluding carboxylic acids is 1. The standard InChI is InChI=1S/C17H16O4/c1-12-2-5-14(6-3-12)21-17(18)11-13-4-7-15-16(10-13)20-9-8-19-15/h2-7,10H,8-9,11H2,1H3. The zero-order valence-electron chi connectivity index (χ0n) is 11.8. The monoisotopic (exact) mass is 284 g/mol. The number of esters is 1. The molecule has 0 unspecified atom stereocenters. The maximum atomic E-state index is 11.9. The van der Waals surface area contributed by atoms with E-state index in [-0.39, 0.29) is 12.4 Å². The summed E-state index contributed by atoms with van der Waals surface area (Å²) in [4.78, 5) is 11.9. The number of ether oxygens (including phenoxy) is 3. The molecule has 2 aromatic carbocycles. The van der Waals surface area contributed by atoms with Crippen LogP contribution >= 0.6 is 0 Å². The predicted octanol–water partition coefficient (Wildman–Crippen LogP) is 2.91. The number of benzene rings is 2. The molecule has 0 spiro atoms. The lowest BCUT2D eigenvalue weighted by Crippen LogP contribution is -2.16. The van der Waals surface area contributed by atoms with E-state index in [0.29, 0.717) is 24.7 Å². The highest BCUT2D eigenvalue weighted by atomic mass is 16.6. The van der Waals surface area contributed by atoms with E-state index in [1.807, 2.05) is 37.3 Å². The van der Waals surface area contributed by atoms with E-state index in [1.54, 1.807) is 12.1 Å². The Labute approximate surface area is 123 Å². The Hall–Kier alpha value is -2.49. The van der Waals surface area contributed by atoms with Crippen molar-refractivity contribution in [2.24, 2.45) is 0 Å². The van der Waals surface area contributed by atoms with Gasteiger partial charge in [0, 0.05) is 0 Å². The minimum Gasteiger partial charge on any atom is -0.486 e. The summed E-state index contributed by atoms with van der Waals surface area (Å²) in [6.07, 6.45) is 0.199. The van der Waals surface area contributed by atoms with Crippen molar-refractivity contribution in [2.75, 3.05) is 13.2 Å². The van der Waals surface area contributed by atoms with Gasteiger partial charge in [-0.05, 0) is 36.8 Å². The molecule has 21 heavy (non-hydrogen) atoms. The number of hydrogen-bond acceptors (Lipinski definition) is 4. The average molecular weight is 284 g/mol. The summed E-state index contributed by atoms with van der Waals surface area (Å²) < 4.78 is 16.3. The molecule has 2 aromatic rings. The lowest BCUT2D eigenvalue weighted by atomic mass is 10.1. The molecule has 4 heteroatoms. The maximum Gasteiger partial charge on any atom is 0.315 e. The molecule has 1 heterocycles. The zero-order chi connectivity index (χ0) is 14.7. The van der Waals surface area contributed by atoms with Gasteiger partial charge in [-0.3, -0.25) is 4.79 Å². The fraction of sp³-hybridized carbons (Fsp3) is 0.235. The van der Waals surface area contributed by atoms with E-state index < -0.39 is 0 Å². The minimum absolute atomic E-state index is 0.199. The van der Waals surface area contributed by atoms with Crippen LogP contribution in [0.4, 0.5) is 0 Å². The molecule has 0 fully saturated rings. The van der Waals surface area contributed by atoms with Gasteiger partial charge in [-0.1, -0.05) is 23.8 Å². The van der Waals surface area contributed by atoms with E-state index in [4.69, 9.17) is 14.2 Å². The third-order valence-electron chi connectivity index (χ3n) is 3.21. The molecule has 108 valence electrons. The second-order valence-electron chi connectivity index (χ2n) is 4.94. The van der Waals surface area contributed by atoms with Crippen LogP contribution in [-0.2, 0) is 11.2 Å². The average Bonchev–Trinajstić information content (AvgIpc) is 2.49. The van der Waals surface area contributed by atoms with Gasteiger partial charge in [-0.25, -0.2) is 0 Å². The summed E-state index contributed by atoms with van der Waals surface area (Å²) in [7, 11) is 0. The van der Waals surface area contributed by atoms with E-state index in [1.165, 1.54) is 0 Å². The van der Waals surface area contributed by atoms with Crippen LogP contribution in [0.1, 0.15) is 11.1 Å². The molecule has 0 bridgehead atoms. The molecule has 0 amide bonds. The summed E-state index contributed by atoms with van der Waals surface area (Å²) in [6.45, 7) is 3.08. The van der Waals surface area contributed by atoms with Gasteiger partial charge >= 0.3 is 5.97 Å². The minimum atomic E-state index is -0.296. The van der Waals surface area contributed by atoms with Crippen molar-refractivity contribution in [1.82, 2.24) is 0 Å². The van der Waals surface area contributed by atoms with Gasteiger partial charge in [0.2, 0.25) is 0 Å². The molecule has 4 nitrogen and oxygen atoms in total. The first-order chi connectivity index (χ1) is 10.2. The maximum absolute atomic E-state index is 11.9. The van der Waals surface area contributed by atoms with E-state index in [2.05, 4.69) is 0 Å². The van der Waals surface area contributed by atoms with E-state index in [9.17, 15) is 4.79 Å². The summed E-state index contributed by atoms with van der Waals surface area (Å²) in [5.74, 6) is 1.66. The SMILES string of the molecule is Cc1ccc(OC(=O)Cc2ccc3c(c2)OCCO3)cc1. The van der Waals surface area contributed by atoms with Crippen LogP contribution in [0.2, 0.25) is 0 Å². The van der Waals surface area contributed by atoms with E-state index in [0.717, 1.165) is 16.9 Å². The second-order valence-corrected chi connectivity index (χ2v) is 4.94. The Bertz CT molecular complexity index is 646. The highest BCUT2D eigenvalue weighted by Crippen LogP contribution is 2.30. The van der Waals surface area contributed by atoms with Crippen molar-refractivity contribution < 1.29 is 19.0 Å². The first-order valence-electron chi connectivity index (χ1n) is 6.86. The first-order valence-corrected chi connectivity index (χ1v) is 6.86. The van der Waals surface area contributed by atoms with Crippen LogP contribution < -0.4 is 14.2 Å². The van der Waals surface area contributed by atoms with Gasteiger partial charge in [-0.2, -0.15) is 0 Å². The third kappa shape index (κ3) is 3.34. The quantitative estimate of drug-likeness (QED) is 0.642. The van der Waals surface area contributed by atoms with Crippen molar-refractivity contribution in [3.8, 4) is 17.2 Å². The molecule has 0 saturated heterocycles. The van der Waals surface area contributed by atoms with Gasteiger partial charge in [0.25, 0.3) is 0 Å². The van der Waals surface area contributed by atoms with Crippen LogP contribution in [-0.4, -0.2) is 19.2 Å². The molecule has 0 N–H and O–H groups in total. The van der Waals surface area contributed by atoms with E-state index >= 15 is 0 Å². The number of aryl methyl sites for hydroxylation is 1. The molecular formula is C17H16O4. The zero-order valence-corrected chi connectivity index (χ0v) is 11.8. The molecule has 1 aliphatic rings. The predicted molar refractivity (Wildman–Crippen MR) is 78.0 cm³/mol. The van der Waals surface area contributed by atoms with Crippen molar-refractivity contribution in [3.05, 3.63) is 53.6 Å². The topological polar surface area (TPSA) is 44.8 Å². The highest BCUT2D eigenvalue weighted by molar-refractivity contribution is 5.75. The number of hydrogen-bond donors (Lipinski definition) is 0. The molecule has 0 aromatic heterocycles. The molecule has 0 atom stereocenters. The van der Waals surface area contributed by atoms with Crippen LogP contribution in [0.25, 0.3) is 0 Å². The van der Waals surface area contributed by atoms with Crippen molar-refractivity contribution in [1.29, 1.82) is 0 Å². The van der Waals surface area contributed by atoms with Gasteiger partial charge in [0.05, 0.1) is 6.42 Å². The normalized spacial score (nSPS) is 12.8. The number of carbonyl (C=O) groups is 1. The van der Waals surface area contributed by atoms with Gasteiger partial charge in [0.1, 0.15) is 19.0 Å². The Morgan fingerprint density at radius 1 is 1.05 bits per heavy atom. The Balaban J connectivity index is 1.65. The summed E-state index contributed by atoms with van der Waals surface area (Å²) in [5.41, 5.74) is 1.97. The van der Waals surface area contributed by atoms with Gasteiger partial charge in [0.15, 0.2) is 11.5 Å². The summed E-state index contributed by atoms with van der Waals surface area (Å²) in [6, 6.07) is 12.9. The molecule has 0 aliphatic carbocycles. The van der Waals surface area contributed by atoms with Crippen LogP contribution in [0.15, 0.2) is 42.5 Å². The Kier molecular flexibility index (Phi) is 3.77. The van der Waals surface area contributed by atoms with Crippen molar-refractivity contribution in [3.63, 3.8) is 0 Å². The lowest BCUT2D eigenvalue weighted by Gasteiger charge is -2.18. The Morgan fingerprint density at radius 3 is 2.52 bits per heavy atom. The molecular weight excluding hydrogens is 268 g/mol. The van der Waals surface area contributed by atoms with Gasteiger partial charge in [-0.15, -0.1) is 0 Å². The molecule has 0 radical (unpaired) electrons. The Morgan fingerprint density at radius 2 is 1.76 bits per heavy atom. The van der Waals surface area contributed by atoms with Crippen molar-refractivity contribution in [2.45, 2.75) is 13.3 Å². The molecule has 3 rings (SSSR count). The molecule has 1 aliphatic heterocycles. The first kappa shape index (κ1) is 13.5. The van der Waals surface area contributed by atoms with Crippen LogP contribution in [0, 0.1) is 6.92 Å². The van der Waals surface area contributed by atoms with Crippen LogP contribution in [0.3, 0.4) is 0 Å². The lowest BCUT2D eigenvalue weighted by molar-refractivity contribution is -0.133. The summed E-state index contributed by atoms with van der Waals surface area (Å²) in [5, 5.41) is 0. The van der Waals surface area contributed by atoms with Crippen LogP contribution in [0.5, 0.6) is 17.2 Å².